The molecule has 0 saturated carbocycles. The number of furan rings is 1. The molecule has 16 heavy (non-hydrogen) atoms. The van der Waals surface area contributed by atoms with Gasteiger partial charge in [0.05, 0.1) is 19.0 Å². The molecule has 0 aromatic carbocycles. The van der Waals surface area contributed by atoms with Crippen molar-refractivity contribution >= 4 is 23.4 Å². The molecule has 2 rings (SSSR count). The topological polar surface area (TPSA) is 62.6 Å². The van der Waals surface area contributed by atoms with Crippen LogP contribution in [-0.4, -0.2) is 29.8 Å². The zero-order valence-electron chi connectivity index (χ0n) is 8.70. The van der Waals surface area contributed by atoms with Gasteiger partial charge in [-0.1, -0.05) is 0 Å². The van der Waals surface area contributed by atoms with Gasteiger partial charge in [-0.15, -0.1) is 0 Å². The van der Waals surface area contributed by atoms with Crippen LogP contribution < -0.4 is 5.32 Å². The third kappa shape index (κ3) is 2.10. The first-order valence-electron chi connectivity index (χ1n) is 4.86. The van der Waals surface area contributed by atoms with E-state index in [4.69, 9.17) is 16.0 Å². The van der Waals surface area contributed by atoms with Crippen molar-refractivity contribution in [1.29, 1.82) is 0 Å². The fourth-order valence-electron chi connectivity index (χ4n) is 1.59. The maximum atomic E-state index is 11.5. The SMILES string of the molecule is CN1C(=O)CC(NCc2ccc(Cl)o2)C1=O. The lowest BCUT2D eigenvalue weighted by Crippen LogP contribution is -2.36. The molecule has 2 heterocycles. The van der Waals surface area contributed by atoms with Crippen LogP contribution in [0.15, 0.2) is 16.5 Å². The number of rotatable bonds is 3. The molecule has 1 N–H and O–H groups in total. The molecule has 5 nitrogen and oxygen atoms in total. The Morgan fingerprint density at radius 3 is 2.81 bits per heavy atom. The van der Waals surface area contributed by atoms with E-state index in [1.165, 1.54) is 7.05 Å². The Kier molecular flexibility index (Phi) is 2.98. The molecule has 1 aromatic heterocycles. The Labute approximate surface area is 97.3 Å². The van der Waals surface area contributed by atoms with E-state index in [9.17, 15) is 9.59 Å². The standard InChI is InChI=1S/C10H11ClN2O3/c1-13-9(14)4-7(10(13)15)12-5-6-2-3-8(11)16-6/h2-3,7,12H,4-5H2,1H3. The average Bonchev–Trinajstić information content (AvgIpc) is 2.76. The molecule has 1 saturated heterocycles. The number of hydrogen-bond donors (Lipinski definition) is 1. The summed E-state index contributed by atoms with van der Waals surface area (Å²) in [6.45, 7) is 0.379. The van der Waals surface area contributed by atoms with Crippen LogP contribution in [0, 0.1) is 0 Å². The highest BCUT2D eigenvalue weighted by atomic mass is 35.5. The number of nitrogens with one attached hydrogen (secondary N) is 1. The van der Waals surface area contributed by atoms with E-state index in [0.717, 1.165) is 4.90 Å². The fraction of sp³-hybridized carbons (Fsp3) is 0.400. The molecule has 6 heteroatoms. The Balaban J connectivity index is 1.92. The summed E-state index contributed by atoms with van der Waals surface area (Å²) in [5, 5.41) is 3.27. The number of imide groups is 1. The maximum absolute atomic E-state index is 11.5. The molecule has 1 aromatic rings. The second-order valence-electron chi connectivity index (χ2n) is 3.63. The Morgan fingerprint density at radius 1 is 1.56 bits per heavy atom. The van der Waals surface area contributed by atoms with Crippen molar-refractivity contribution in [2.24, 2.45) is 0 Å². The zero-order valence-corrected chi connectivity index (χ0v) is 9.45. The lowest BCUT2D eigenvalue weighted by atomic mass is 10.2. The molecule has 0 aliphatic carbocycles. The number of hydrogen-bond acceptors (Lipinski definition) is 4. The minimum absolute atomic E-state index is 0.167. The Hall–Kier alpha value is -1.33. The number of carbonyl (C=O) groups excluding carboxylic acids is 2. The van der Waals surface area contributed by atoms with E-state index in [1.54, 1.807) is 12.1 Å². The monoisotopic (exact) mass is 242 g/mol. The molecule has 1 unspecified atom stereocenters. The molecular formula is C10H11ClN2O3. The normalized spacial score (nSPS) is 20.9. The smallest absolute Gasteiger partial charge is 0.246 e. The summed E-state index contributed by atoms with van der Waals surface area (Å²) in [5.74, 6) is 0.266. The summed E-state index contributed by atoms with van der Waals surface area (Å²) in [5.41, 5.74) is 0. The zero-order chi connectivity index (χ0) is 11.7. The number of amides is 2. The minimum atomic E-state index is -0.457. The second-order valence-corrected chi connectivity index (χ2v) is 4.01. The maximum Gasteiger partial charge on any atom is 0.246 e. The number of nitrogens with zero attached hydrogens (tertiary/aromatic N) is 1. The largest absolute Gasteiger partial charge is 0.448 e. The van der Waals surface area contributed by atoms with Crippen molar-refractivity contribution in [2.45, 2.75) is 19.0 Å². The molecule has 0 spiro atoms. The van der Waals surface area contributed by atoms with Crippen molar-refractivity contribution in [3.63, 3.8) is 0 Å². The first-order chi connectivity index (χ1) is 7.58. The van der Waals surface area contributed by atoms with Gasteiger partial charge in [-0.2, -0.15) is 0 Å². The molecule has 86 valence electrons. The minimum Gasteiger partial charge on any atom is -0.448 e. The van der Waals surface area contributed by atoms with Gasteiger partial charge >= 0.3 is 0 Å². The van der Waals surface area contributed by atoms with Gasteiger partial charge in [-0.3, -0.25) is 19.8 Å². The molecule has 1 aliphatic heterocycles. The van der Waals surface area contributed by atoms with Gasteiger partial charge in [0.2, 0.25) is 11.8 Å². The summed E-state index contributed by atoms with van der Waals surface area (Å²) in [4.78, 5) is 23.9. The molecule has 1 fully saturated rings. The number of likely N-dealkylation sites (N-methyl/N-ethyl adjacent to an activating group) is 1. The molecule has 0 bridgehead atoms. The van der Waals surface area contributed by atoms with Crippen molar-refractivity contribution in [3.8, 4) is 0 Å². The van der Waals surface area contributed by atoms with Crippen LogP contribution in [-0.2, 0) is 16.1 Å². The van der Waals surface area contributed by atoms with E-state index in [-0.39, 0.29) is 18.2 Å². The summed E-state index contributed by atoms with van der Waals surface area (Å²) in [6.07, 6.45) is 0.198. The number of likely N-dealkylation sites (tertiary alicyclic amines) is 1. The van der Waals surface area contributed by atoms with Crippen LogP contribution >= 0.6 is 11.6 Å². The Morgan fingerprint density at radius 2 is 2.31 bits per heavy atom. The predicted octanol–water partition coefficient (Wildman–Crippen LogP) is 0.780. The van der Waals surface area contributed by atoms with Gasteiger partial charge in [0.15, 0.2) is 5.22 Å². The van der Waals surface area contributed by atoms with Crippen molar-refractivity contribution < 1.29 is 14.0 Å². The van der Waals surface area contributed by atoms with Crippen LogP contribution in [0.3, 0.4) is 0 Å². The van der Waals surface area contributed by atoms with Crippen LogP contribution in [0.1, 0.15) is 12.2 Å². The van der Waals surface area contributed by atoms with Gasteiger partial charge in [-0.05, 0) is 23.7 Å². The van der Waals surface area contributed by atoms with E-state index >= 15 is 0 Å². The van der Waals surface area contributed by atoms with Gasteiger partial charge in [0, 0.05) is 7.05 Å². The fourth-order valence-corrected chi connectivity index (χ4v) is 1.75. The Bertz CT molecular complexity index is 429. The summed E-state index contributed by atoms with van der Waals surface area (Å²) >= 11 is 5.61. The molecule has 1 aliphatic rings. The molecule has 2 amide bonds. The van der Waals surface area contributed by atoms with E-state index in [1.807, 2.05) is 0 Å². The third-order valence-electron chi connectivity index (χ3n) is 2.53. The molecular weight excluding hydrogens is 232 g/mol. The van der Waals surface area contributed by atoms with E-state index in [2.05, 4.69) is 5.32 Å². The van der Waals surface area contributed by atoms with Gasteiger partial charge in [0.25, 0.3) is 0 Å². The number of halogens is 1. The van der Waals surface area contributed by atoms with Gasteiger partial charge in [-0.25, -0.2) is 0 Å². The summed E-state index contributed by atoms with van der Waals surface area (Å²) < 4.78 is 5.13. The summed E-state index contributed by atoms with van der Waals surface area (Å²) in [7, 11) is 1.48. The van der Waals surface area contributed by atoms with Gasteiger partial charge in [0.1, 0.15) is 5.76 Å². The van der Waals surface area contributed by atoms with Crippen LogP contribution in [0.5, 0.6) is 0 Å². The van der Waals surface area contributed by atoms with Crippen molar-refractivity contribution in [1.82, 2.24) is 10.2 Å². The highest BCUT2D eigenvalue weighted by molar-refractivity contribution is 6.28. The van der Waals surface area contributed by atoms with Crippen molar-refractivity contribution in [3.05, 3.63) is 23.1 Å². The highest BCUT2D eigenvalue weighted by Gasteiger charge is 2.35. The highest BCUT2D eigenvalue weighted by Crippen LogP contribution is 2.15. The van der Waals surface area contributed by atoms with Crippen LogP contribution in [0.2, 0.25) is 5.22 Å². The first-order valence-corrected chi connectivity index (χ1v) is 5.23. The lowest BCUT2D eigenvalue weighted by Gasteiger charge is -2.09. The number of carbonyl (C=O) groups is 2. The lowest BCUT2D eigenvalue weighted by molar-refractivity contribution is -0.137. The van der Waals surface area contributed by atoms with Gasteiger partial charge < -0.3 is 4.42 Å². The van der Waals surface area contributed by atoms with Crippen molar-refractivity contribution in [2.75, 3.05) is 7.05 Å². The predicted molar refractivity (Wildman–Crippen MR) is 56.7 cm³/mol. The first kappa shape index (κ1) is 11.2. The molecule has 0 radical (unpaired) electrons. The average molecular weight is 243 g/mol. The quantitative estimate of drug-likeness (QED) is 0.796. The second kappa shape index (κ2) is 4.27. The van der Waals surface area contributed by atoms with Crippen LogP contribution in [0.25, 0.3) is 0 Å². The van der Waals surface area contributed by atoms with E-state index < -0.39 is 6.04 Å². The third-order valence-corrected chi connectivity index (χ3v) is 2.74. The van der Waals surface area contributed by atoms with Crippen LogP contribution in [0.4, 0.5) is 0 Å². The van der Waals surface area contributed by atoms with E-state index in [0.29, 0.717) is 17.5 Å². The summed E-state index contributed by atoms with van der Waals surface area (Å²) in [6, 6.07) is 2.90. The molecule has 1 atom stereocenters.